The minimum absolute atomic E-state index is 0.00371. The molecule has 1 spiro atoms. The van der Waals surface area contributed by atoms with Gasteiger partial charge in [0.25, 0.3) is 0 Å². The van der Waals surface area contributed by atoms with Gasteiger partial charge < -0.3 is 19.3 Å². The van der Waals surface area contributed by atoms with Crippen LogP contribution in [0, 0.1) is 23.2 Å². The molecule has 0 aromatic rings. The Morgan fingerprint density at radius 1 is 0.918 bits per heavy atom. The van der Waals surface area contributed by atoms with Gasteiger partial charge in [-0.3, -0.25) is 19.2 Å². The molecule has 5 unspecified atom stereocenters. The van der Waals surface area contributed by atoms with Crippen molar-refractivity contribution in [2.45, 2.75) is 160 Å². The highest BCUT2D eigenvalue weighted by Gasteiger charge is 2.83. The van der Waals surface area contributed by atoms with Crippen LogP contribution in [0.3, 0.4) is 0 Å². The van der Waals surface area contributed by atoms with E-state index in [-0.39, 0.29) is 47.6 Å². The Morgan fingerprint density at radius 2 is 1.57 bits per heavy atom. The minimum atomic E-state index is -1.01. The van der Waals surface area contributed by atoms with Gasteiger partial charge in [-0.2, -0.15) is 0 Å². The van der Waals surface area contributed by atoms with Crippen LogP contribution in [0.4, 0.5) is 0 Å². The number of ketones is 2. The molecule has 7 atom stereocenters. The molecule has 8 heteroatoms. The zero-order valence-corrected chi connectivity index (χ0v) is 30.1. The molecule has 0 bridgehead atoms. The topological polar surface area (TPSA) is 120 Å². The minimum Gasteiger partial charge on any atom is -0.466 e. The molecule has 1 heterocycles. The summed E-state index contributed by atoms with van der Waals surface area (Å²) in [4.78, 5) is 50.1. The molecule has 0 amide bonds. The molecular weight excluding hydrogens is 620 g/mol. The van der Waals surface area contributed by atoms with Crippen molar-refractivity contribution >= 4 is 23.5 Å². The Balaban J connectivity index is 0.917. The summed E-state index contributed by atoms with van der Waals surface area (Å²) in [5.41, 5.74) is -1.00. The Kier molecular flexibility index (Phi) is 13.1. The fourth-order valence-corrected chi connectivity index (χ4v) is 9.76. The molecule has 1 aliphatic heterocycles. The molecule has 0 aromatic heterocycles. The first-order valence-electron chi connectivity index (χ1n) is 19.5. The maximum Gasteiger partial charge on any atom is 0.306 e. The second kappa shape index (κ2) is 17.1. The predicted octanol–water partition coefficient (Wildman–Crippen LogP) is 7.85. The van der Waals surface area contributed by atoms with Crippen LogP contribution in [-0.2, 0) is 33.4 Å². The van der Waals surface area contributed by atoms with Gasteiger partial charge in [-0.1, -0.05) is 89.0 Å². The lowest BCUT2D eigenvalue weighted by molar-refractivity contribution is -0.152. The predicted molar refractivity (Wildman–Crippen MR) is 187 cm³/mol. The second-order valence-corrected chi connectivity index (χ2v) is 15.5. The molecule has 0 aromatic carbocycles. The van der Waals surface area contributed by atoms with Crippen molar-refractivity contribution < 1.29 is 38.5 Å². The number of carbonyl (C=O) groups excluding carboxylic acids is 4. The molecule has 5 aliphatic rings. The second-order valence-electron chi connectivity index (χ2n) is 15.5. The van der Waals surface area contributed by atoms with Crippen molar-refractivity contribution in [1.29, 1.82) is 0 Å². The van der Waals surface area contributed by atoms with Crippen molar-refractivity contribution in [3.8, 4) is 0 Å². The molecule has 1 saturated heterocycles. The van der Waals surface area contributed by atoms with E-state index in [0.717, 1.165) is 50.5 Å². The van der Waals surface area contributed by atoms with Gasteiger partial charge in [0.15, 0.2) is 18.0 Å². The van der Waals surface area contributed by atoms with Gasteiger partial charge in [0.1, 0.15) is 5.60 Å². The van der Waals surface area contributed by atoms with Gasteiger partial charge in [0.05, 0.1) is 25.6 Å². The summed E-state index contributed by atoms with van der Waals surface area (Å²) in [5, 5.41) is 11.5. The summed E-state index contributed by atoms with van der Waals surface area (Å²) in [7, 11) is 0. The van der Waals surface area contributed by atoms with Crippen LogP contribution in [0.1, 0.15) is 142 Å². The molecular formula is C41H60O8. The fourth-order valence-electron chi connectivity index (χ4n) is 9.76. The van der Waals surface area contributed by atoms with Crippen molar-refractivity contribution in [3.63, 3.8) is 0 Å². The van der Waals surface area contributed by atoms with Crippen LogP contribution >= 0.6 is 0 Å². The summed E-state index contributed by atoms with van der Waals surface area (Å²) in [6, 6.07) is 0. The van der Waals surface area contributed by atoms with E-state index in [0.29, 0.717) is 19.4 Å². The van der Waals surface area contributed by atoms with E-state index >= 15 is 0 Å². The van der Waals surface area contributed by atoms with E-state index in [4.69, 9.17) is 14.2 Å². The number of aliphatic hydroxyl groups is 1. The molecule has 1 N–H and O–H groups in total. The van der Waals surface area contributed by atoms with Gasteiger partial charge in [-0.05, 0) is 81.8 Å². The molecule has 0 radical (unpaired) electrons. The Morgan fingerprint density at radius 3 is 2.29 bits per heavy atom. The van der Waals surface area contributed by atoms with Gasteiger partial charge in [0.2, 0.25) is 5.78 Å². The summed E-state index contributed by atoms with van der Waals surface area (Å²) >= 11 is 0. The number of carbonyl (C=O) groups is 4. The number of ether oxygens (including phenoxy) is 3. The quantitative estimate of drug-likeness (QED) is 0.0564. The van der Waals surface area contributed by atoms with Crippen molar-refractivity contribution in [3.05, 3.63) is 36.0 Å². The smallest absolute Gasteiger partial charge is 0.306 e. The van der Waals surface area contributed by atoms with Crippen LogP contribution in [0.2, 0.25) is 0 Å². The Hall–Kier alpha value is -2.58. The average molecular weight is 681 g/mol. The molecule has 3 saturated carbocycles. The third-order valence-electron chi connectivity index (χ3n) is 12.4. The Bertz CT molecular complexity index is 1280. The first-order chi connectivity index (χ1) is 23.7. The van der Waals surface area contributed by atoms with Crippen molar-refractivity contribution in [1.82, 2.24) is 0 Å². The molecule has 49 heavy (non-hydrogen) atoms. The summed E-state index contributed by atoms with van der Waals surface area (Å²) in [5.74, 6) is -0.990. The summed E-state index contributed by atoms with van der Waals surface area (Å²) in [6.45, 7) is 4.33. The molecule has 5 rings (SSSR count). The zero-order valence-electron chi connectivity index (χ0n) is 30.1. The SMILES string of the molecule is CCCCCCC/C=C\CCCCCCCCOC(=O)CCC(=O)OCC(=O)[C@@]12CC[C@H]3C4CCC5=CC(=O)C=CC5(C)C4C(O)CC31O2. The van der Waals surface area contributed by atoms with Gasteiger partial charge in [-0.15, -0.1) is 0 Å². The van der Waals surface area contributed by atoms with E-state index < -0.39 is 35.9 Å². The largest absolute Gasteiger partial charge is 0.466 e. The van der Waals surface area contributed by atoms with Gasteiger partial charge >= 0.3 is 11.9 Å². The lowest BCUT2D eigenvalue weighted by atomic mass is 9.49. The highest BCUT2D eigenvalue weighted by molar-refractivity contribution is 6.01. The van der Waals surface area contributed by atoms with Crippen LogP contribution in [-0.4, -0.2) is 59.1 Å². The van der Waals surface area contributed by atoms with E-state index in [1.54, 1.807) is 12.2 Å². The van der Waals surface area contributed by atoms with E-state index in [1.165, 1.54) is 57.8 Å². The first-order valence-corrected chi connectivity index (χ1v) is 19.5. The first kappa shape index (κ1) is 37.7. The summed E-state index contributed by atoms with van der Waals surface area (Å²) in [6.07, 6.45) is 28.2. The third kappa shape index (κ3) is 8.49. The lowest BCUT2D eigenvalue weighted by Crippen LogP contribution is -2.56. The number of epoxide rings is 1. The number of rotatable bonds is 21. The highest BCUT2D eigenvalue weighted by atomic mass is 16.6. The van der Waals surface area contributed by atoms with Crippen molar-refractivity contribution in [2.75, 3.05) is 13.2 Å². The monoisotopic (exact) mass is 680 g/mol. The molecule has 4 aliphatic carbocycles. The van der Waals surface area contributed by atoms with Crippen molar-refractivity contribution in [2.24, 2.45) is 23.2 Å². The maximum atomic E-state index is 13.4. The number of hydrogen-bond donors (Lipinski definition) is 1. The van der Waals surface area contributed by atoms with Crippen LogP contribution in [0.25, 0.3) is 0 Å². The Labute approximate surface area is 293 Å². The number of aliphatic hydroxyl groups excluding tert-OH is 1. The lowest BCUT2D eigenvalue weighted by Gasteiger charge is -2.55. The van der Waals surface area contributed by atoms with Crippen LogP contribution in [0.15, 0.2) is 36.0 Å². The van der Waals surface area contributed by atoms with Gasteiger partial charge in [0, 0.05) is 17.8 Å². The zero-order chi connectivity index (χ0) is 34.9. The number of unbranched alkanes of at least 4 members (excludes halogenated alkanes) is 11. The van der Waals surface area contributed by atoms with Crippen LogP contribution in [0.5, 0.6) is 0 Å². The third-order valence-corrected chi connectivity index (χ3v) is 12.4. The molecule has 8 nitrogen and oxygen atoms in total. The van der Waals surface area contributed by atoms with Crippen LogP contribution < -0.4 is 0 Å². The van der Waals surface area contributed by atoms with E-state index in [2.05, 4.69) is 26.0 Å². The number of Topliss-reactive ketones (excluding diaryl/α,β-unsaturated/α-hetero) is 1. The number of fused-ring (bicyclic) bond motifs is 4. The normalized spacial score (nSPS) is 32.6. The number of hydrogen-bond acceptors (Lipinski definition) is 8. The van der Waals surface area contributed by atoms with E-state index in [1.807, 2.05) is 6.08 Å². The highest BCUT2D eigenvalue weighted by Crippen LogP contribution is 2.73. The van der Waals surface area contributed by atoms with E-state index in [9.17, 15) is 24.3 Å². The number of allylic oxidation sites excluding steroid dienone is 6. The molecule has 4 fully saturated rings. The average Bonchev–Trinajstić information content (AvgIpc) is 3.61. The number of esters is 2. The summed E-state index contributed by atoms with van der Waals surface area (Å²) < 4.78 is 16.9. The standard InChI is InChI=1S/C41H60O8/c1-3-4-5-6-7-8-9-10-11-12-13-14-15-16-17-26-47-36(45)20-21-37(46)48-29-35(44)40-25-23-33-32-19-18-30-27-31(42)22-24-39(30,2)38(32)34(43)28-41(33,40)49-40/h9-10,22,24,27,32-34,38,43H,3-8,11-21,23,25-26,28-29H2,1-2H3/b10-9-/t32?,33-,34?,38?,39?,40-,41?/m0/s1. The maximum absolute atomic E-state index is 13.4. The molecule has 272 valence electrons. The van der Waals surface area contributed by atoms with Gasteiger partial charge in [-0.25, -0.2) is 0 Å². The fraction of sp³-hybridized carbons (Fsp3) is 0.756.